The number of aryl methyl sites for hydroxylation is 1. The predicted molar refractivity (Wildman–Crippen MR) is 55.2 cm³/mol. The van der Waals surface area contributed by atoms with Crippen LogP contribution >= 0.6 is 0 Å². The Balaban J connectivity index is 2.56. The normalized spacial score (nSPS) is 9.87. The fourth-order valence-corrected chi connectivity index (χ4v) is 1.32. The van der Waals surface area contributed by atoms with Crippen LogP contribution in [0.25, 0.3) is 5.69 Å². The number of nitrogens with zero attached hydrogens (tertiary/aromatic N) is 4. The van der Waals surface area contributed by atoms with E-state index in [1.807, 2.05) is 19.1 Å². The standard InChI is InChI=1S/C10H9N5/c1-7-5-13-3-2-9(7)15-6-8(4-11)10(12)14-15/h2-3,5-6H,1H3,(H2,12,14). The summed E-state index contributed by atoms with van der Waals surface area (Å²) >= 11 is 0. The van der Waals surface area contributed by atoms with Crippen molar-refractivity contribution in [2.24, 2.45) is 0 Å². The zero-order valence-electron chi connectivity index (χ0n) is 8.18. The van der Waals surface area contributed by atoms with E-state index in [9.17, 15) is 0 Å². The first kappa shape index (κ1) is 9.21. The molecule has 2 N–H and O–H groups in total. The van der Waals surface area contributed by atoms with Crippen molar-refractivity contribution in [3.05, 3.63) is 35.8 Å². The number of hydrogen-bond donors (Lipinski definition) is 1. The monoisotopic (exact) mass is 199 g/mol. The molecule has 0 aromatic carbocycles. The third-order valence-electron chi connectivity index (χ3n) is 2.10. The number of rotatable bonds is 1. The molecule has 5 heteroatoms. The molecule has 0 aliphatic rings. The minimum atomic E-state index is 0.244. The van der Waals surface area contributed by atoms with E-state index in [4.69, 9.17) is 11.0 Å². The van der Waals surface area contributed by atoms with Crippen molar-refractivity contribution >= 4 is 5.82 Å². The fourth-order valence-electron chi connectivity index (χ4n) is 1.32. The molecule has 0 aliphatic heterocycles. The van der Waals surface area contributed by atoms with Crippen LogP contribution in [0.1, 0.15) is 11.1 Å². The molecule has 0 spiro atoms. The first-order chi connectivity index (χ1) is 7.22. The van der Waals surface area contributed by atoms with Gasteiger partial charge in [0.1, 0.15) is 11.6 Å². The summed E-state index contributed by atoms with van der Waals surface area (Å²) in [5.74, 6) is 0.244. The van der Waals surface area contributed by atoms with Gasteiger partial charge in [-0.15, -0.1) is 5.10 Å². The number of hydrogen-bond acceptors (Lipinski definition) is 4. The molecule has 15 heavy (non-hydrogen) atoms. The lowest BCUT2D eigenvalue weighted by atomic mass is 10.2. The molecule has 0 radical (unpaired) electrons. The fraction of sp³-hybridized carbons (Fsp3) is 0.100. The minimum Gasteiger partial charge on any atom is -0.381 e. The van der Waals surface area contributed by atoms with Gasteiger partial charge in [-0.2, -0.15) is 5.26 Å². The zero-order valence-corrected chi connectivity index (χ0v) is 8.18. The van der Waals surface area contributed by atoms with Gasteiger partial charge in [-0.3, -0.25) is 4.98 Å². The Labute approximate surface area is 86.8 Å². The van der Waals surface area contributed by atoms with Gasteiger partial charge >= 0.3 is 0 Å². The Kier molecular flexibility index (Phi) is 2.10. The van der Waals surface area contributed by atoms with Gasteiger partial charge in [0.25, 0.3) is 0 Å². The summed E-state index contributed by atoms with van der Waals surface area (Å²) in [5, 5.41) is 12.8. The quantitative estimate of drug-likeness (QED) is 0.743. The molecular formula is C10H9N5. The number of nitrogens with two attached hydrogens (primary N) is 1. The Morgan fingerprint density at radius 2 is 2.33 bits per heavy atom. The van der Waals surface area contributed by atoms with Crippen LogP contribution in [0.2, 0.25) is 0 Å². The van der Waals surface area contributed by atoms with Crippen molar-refractivity contribution in [2.75, 3.05) is 5.73 Å². The maximum Gasteiger partial charge on any atom is 0.163 e. The van der Waals surface area contributed by atoms with Crippen LogP contribution in [0.3, 0.4) is 0 Å². The topological polar surface area (TPSA) is 80.5 Å². The second-order valence-corrected chi connectivity index (χ2v) is 3.15. The SMILES string of the molecule is Cc1cnccc1-n1cc(C#N)c(N)n1. The summed E-state index contributed by atoms with van der Waals surface area (Å²) in [5.41, 5.74) is 7.80. The zero-order chi connectivity index (χ0) is 10.8. The molecule has 2 aromatic rings. The summed E-state index contributed by atoms with van der Waals surface area (Å²) in [7, 11) is 0. The van der Waals surface area contributed by atoms with E-state index in [1.165, 1.54) is 0 Å². The average Bonchev–Trinajstić information content (AvgIpc) is 2.60. The van der Waals surface area contributed by atoms with Crippen LogP contribution in [-0.2, 0) is 0 Å². The molecule has 0 amide bonds. The van der Waals surface area contributed by atoms with Gasteiger partial charge in [-0.05, 0) is 18.6 Å². The van der Waals surface area contributed by atoms with Gasteiger partial charge in [0.2, 0.25) is 0 Å². The van der Waals surface area contributed by atoms with Crippen molar-refractivity contribution in [3.8, 4) is 11.8 Å². The van der Waals surface area contributed by atoms with E-state index in [0.717, 1.165) is 11.3 Å². The van der Waals surface area contributed by atoms with E-state index in [2.05, 4.69) is 10.1 Å². The van der Waals surface area contributed by atoms with E-state index in [1.54, 1.807) is 23.3 Å². The van der Waals surface area contributed by atoms with Crippen molar-refractivity contribution in [2.45, 2.75) is 6.92 Å². The van der Waals surface area contributed by atoms with E-state index < -0.39 is 0 Å². The Hall–Kier alpha value is -2.35. The lowest BCUT2D eigenvalue weighted by Crippen LogP contribution is -1.98. The number of pyridine rings is 1. The lowest BCUT2D eigenvalue weighted by molar-refractivity contribution is 0.874. The summed E-state index contributed by atoms with van der Waals surface area (Å²) in [4.78, 5) is 3.98. The van der Waals surface area contributed by atoms with Crippen LogP contribution in [0, 0.1) is 18.3 Å². The lowest BCUT2D eigenvalue weighted by Gasteiger charge is -2.03. The molecule has 2 rings (SSSR count). The predicted octanol–water partition coefficient (Wildman–Crippen LogP) is 1.03. The highest BCUT2D eigenvalue weighted by Gasteiger charge is 2.07. The maximum atomic E-state index is 8.75. The molecule has 0 unspecified atom stereocenters. The first-order valence-electron chi connectivity index (χ1n) is 4.38. The molecule has 0 saturated heterocycles. The molecule has 0 fully saturated rings. The molecule has 2 aromatic heterocycles. The van der Waals surface area contributed by atoms with Gasteiger partial charge in [0.15, 0.2) is 5.82 Å². The highest BCUT2D eigenvalue weighted by Crippen LogP contribution is 2.15. The third-order valence-corrected chi connectivity index (χ3v) is 2.10. The molecule has 0 bridgehead atoms. The largest absolute Gasteiger partial charge is 0.381 e. The number of nitriles is 1. The van der Waals surface area contributed by atoms with Crippen molar-refractivity contribution in [1.29, 1.82) is 5.26 Å². The van der Waals surface area contributed by atoms with Gasteiger partial charge in [0.05, 0.1) is 11.9 Å². The van der Waals surface area contributed by atoms with E-state index in [0.29, 0.717) is 5.56 Å². The summed E-state index contributed by atoms with van der Waals surface area (Å²) < 4.78 is 1.59. The van der Waals surface area contributed by atoms with Crippen molar-refractivity contribution < 1.29 is 0 Å². The van der Waals surface area contributed by atoms with Gasteiger partial charge in [-0.1, -0.05) is 0 Å². The average molecular weight is 199 g/mol. The van der Waals surface area contributed by atoms with Gasteiger partial charge < -0.3 is 5.73 Å². The molecule has 0 atom stereocenters. The molecule has 0 aliphatic carbocycles. The maximum absolute atomic E-state index is 8.75. The number of aromatic nitrogens is 3. The Morgan fingerprint density at radius 1 is 1.53 bits per heavy atom. The van der Waals surface area contributed by atoms with E-state index >= 15 is 0 Å². The first-order valence-corrected chi connectivity index (χ1v) is 4.38. The highest BCUT2D eigenvalue weighted by atomic mass is 15.3. The number of nitrogen functional groups attached to an aromatic ring is 1. The van der Waals surface area contributed by atoms with Crippen LogP contribution in [0.4, 0.5) is 5.82 Å². The van der Waals surface area contributed by atoms with Crippen LogP contribution < -0.4 is 5.73 Å². The van der Waals surface area contributed by atoms with E-state index in [-0.39, 0.29) is 5.82 Å². The number of anilines is 1. The molecule has 74 valence electrons. The molecule has 5 nitrogen and oxygen atoms in total. The van der Waals surface area contributed by atoms with Crippen LogP contribution in [-0.4, -0.2) is 14.8 Å². The van der Waals surface area contributed by atoms with Crippen LogP contribution in [0.5, 0.6) is 0 Å². The van der Waals surface area contributed by atoms with Crippen molar-refractivity contribution in [3.63, 3.8) is 0 Å². The highest BCUT2D eigenvalue weighted by molar-refractivity contribution is 5.49. The molecular weight excluding hydrogens is 190 g/mol. The van der Waals surface area contributed by atoms with Gasteiger partial charge in [-0.25, -0.2) is 4.68 Å². The minimum absolute atomic E-state index is 0.244. The second kappa shape index (κ2) is 3.42. The second-order valence-electron chi connectivity index (χ2n) is 3.15. The summed E-state index contributed by atoms with van der Waals surface area (Å²) in [6.07, 6.45) is 5.02. The molecule has 0 saturated carbocycles. The molecule has 2 heterocycles. The summed E-state index contributed by atoms with van der Waals surface area (Å²) in [6.45, 7) is 1.92. The Bertz CT molecular complexity index is 535. The van der Waals surface area contributed by atoms with Gasteiger partial charge in [0, 0.05) is 12.4 Å². The van der Waals surface area contributed by atoms with Crippen LogP contribution in [0.15, 0.2) is 24.7 Å². The third kappa shape index (κ3) is 1.53. The van der Waals surface area contributed by atoms with Crippen molar-refractivity contribution in [1.82, 2.24) is 14.8 Å². The summed E-state index contributed by atoms with van der Waals surface area (Å²) in [6, 6.07) is 3.80. The smallest absolute Gasteiger partial charge is 0.163 e. The Morgan fingerprint density at radius 3 is 2.93 bits per heavy atom.